The highest BCUT2D eigenvalue weighted by Gasteiger charge is 2.14. The number of hydrazone groups is 1. The Bertz CT molecular complexity index is 457. The molecule has 1 N–H and O–H groups in total. The Kier molecular flexibility index (Phi) is 3.10. The second-order valence-electron chi connectivity index (χ2n) is 3.44. The molecule has 0 saturated heterocycles. The molecule has 1 aliphatic heterocycles. The summed E-state index contributed by atoms with van der Waals surface area (Å²) in [5, 5.41) is 4.54. The number of halogens is 1. The third kappa shape index (κ3) is 2.17. The summed E-state index contributed by atoms with van der Waals surface area (Å²) >= 11 is 6.01. The topological polar surface area (TPSA) is 50.7 Å². The molecule has 1 heterocycles. The fourth-order valence-electron chi connectivity index (χ4n) is 1.53. The Morgan fingerprint density at radius 3 is 2.81 bits per heavy atom. The lowest BCUT2D eigenvalue weighted by molar-refractivity contribution is -0.121. The zero-order valence-corrected chi connectivity index (χ0v) is 9.54. The van der Waals surface area contributed by atoms with E-state index in [2.05, 4.69) is 10.5 Å². The average Bonchev–Trinajstić information content (AvgIpc) is 2.30. The van der Waals surface area contributed by atoms with Crippen LogP contribution < -0.4 is 10.2 Å². The van der Waals surface area contributed by atoms with Crippen LogP contribution in [0.5, 0.6) is 5.75 Å². The minimum absolute atomic E-state index is 0.0524. The van der Waals surface area contributed by atoms with Crippen molar-refractivity contribution in [2.24, 2.45) is 5.10 Å². The number of amides is 1. The van der Waals surface area contributed by atoms with E-state index in [1.54, 1.807) is 19.2 Å². The molecule has 0 fully saturated rings. The highest BCUT2D eigenvalue weighted by Crippen LogP contribution is 2.26. The molecule has 1 aliphatic rings. The van der Waals surface area contributed by atoms with E-state index in [1.807, 2.05) is 6.07 Å². The van der Waals surface area contributed by atoms with Crippen molar-refractivity contribution in [3.63, 3.8) is 0 Å². The number of hydrogen-bond acceptors (Lipinski definition) is 3. The smallest absolute Gasteiger partial charge is 0.240 e. The summed E-state index contributed by atoms with van der Waals surface area (Å²) in [6, 6.07) is 5.45. The van der Waals surface area contributed by atoms with Gasteiger partial charge in [-0.1, -0.05) is 11.6 Å². The van der Waals surface area contributed by atoms with Crippen molar-refractivity contribution in [1.82, 2.24) is 5.43 Å². The Morgan fingerprint density at radius 1 is 1.44 bits per heavy atom. The summed E-state index contributed by atoms with van der Waals surface area (Å²) in [5.41, 5.74) is 4.20. The fourth-order valence-corrected chi connectivity index (χ4v) is 1.79. The molecule has 2 rings (SSSR count). The summed E-state index contributed by atoms with van der Waals surface area (Å²) in [5.74, 6) is 0.578. The van der Waals surface area contributed by atoms with Crippen molar-refractivity contribution in [2.45, 2.75) is 12.8 Å². The molecule has 0 atom stereocenters. The van der Waals surface area contributed by atoms with Gasteiger partial charge in [-0.25, -0.2) is 5.43 Å². The van der Waals surface area contributed by atoms with E-state index in [0.29, 0.717) is 23.6 Å². The van der Waals surface area contributed by atoms with E-state index in [0.717, 1.165) is 11.3 Å². The lowest BCUT2D eigenvalue weighted by Gasteiger charge is -2.13. The Morgan fingerprint density at radius 2 is 2.25 bits per heavy atom. The Hall–Kier alpha value is -1.55. The summed E-state index contributed by atoms with van der Waals surface area (Å²) in [6.07, 6.45) is 1.09. The quantitative estimate of drug-likeness (QED) is 0.856. The average molecular weight is 239 g/mol. The number of nitrogens with one attached hydrogen (secondary N) is 1. The van der Waals surface area contributed by atoms with Crippen molar-refractivity contribution < 1.29 is 9.53 Å². The van der Waals surface area contributed by atoms with E-state index >= 15 is 0 Å². The molecular weight excluding hydrogens is 228 g/mol. The second-order valence-corrected chi connectivity index (χ2v) is 3.85. The fraction of sp³-hybridized carbons (Fsp3) is 0.273. The standard InChI is InChI=1S/C11H11ClN2O2/c1-16-10-4-2-7(6-8(10)12)9-3-5-11(15)14-13-9/h2,4,6H,3,5H2,1H3,(H,14,15). The van der Waals surface area contributed by atoms with Gasteiger partial charge in [0, 0.05) is 12.8 Å². The van der Waals surface area contributed by atoms with E-state index < -0.39 is 0 Å². The second kappa shape index (κ2) is 4.53. The van der Waals surface area contributed by atoms with Gasteiger partial charge in [-0.3, -0.25) is 4.79 Å². The third-order valence-electron chi connectivity index (χ3n) is 2.39. The number of nitrogens with zero attached hydrogens (tertiary/aromatic N) is 1. The van der Waals surface area contributed by atoms with Crippen LogP contribution in [-0.2, 0) is 4.79 Å². The molecule has 0 bridgehead atoms. The summed E-state index contributed by atoms with van der Waals surface area (Å²) in [6.45, 7) is 0. The van der Waals surface area contributed by atoms with Crippen molar-refractivity contribution in [3.05, 3.63) is 28.8 Å². The first-order valence-electron chi connectivity index (χ1n) is 4.90. The van der Waals surface area contributed by atoms with Gasteiger partial charge in [0.15, 0.2) is 0 Å². The van der Waals surface area contributed by atoms with Crippen LogP contribution in [0.15, 0.2) is 23.3 Å². The zero-order valence-electron chi connectivity index (χ0n) is 8.79. The lowest BCUT2D eigenvalue weighted by atomic mass is 10.0. The molecule has 0 unspecified atom stereocenters. The van der Waals surface area contributed by atoms with Crippen LogP contribution >= 0.6 is 11.6 Å². The molecule has 1 aromatic rings. The van der Waals surface area contributed by atoms with Crippen molar-refractivity contribution in [3.8, 4) is 5.75 Å². The molecule has 0 aliphatic carbocycles. The first-order chi connectivity index (χ1) is 7.70. The van der Waals surface area contributed by atoms with Crippen molar-refractivity contribution in [1.29, 1.82) is 0 Å². The van der Waals surface area contributed by atoms with E-state index in [9.17, 15) is 4.79 Å². The third-order valence-corrected chi connectivity index (χ3v) is 2.68. The predicted molar refractivity (Wildman–Crippen MR) is 61.9 cm³/mol. The number of methoxy groups -OCH3 is 1. The molecular formula is C11H11ClN2O2. The van der Waals surface area contributed by atoms with Crippen molar-refractivity contribution in [2.75, 3.05) is 7.11 Å². The zero-order chi connectivity index (χ0) is 11.5. The van der Waals surface area contributed by atoms with Crippen LogP contribution in [0.2, 0.25) is 5.02 Å². The van der Waals surface area contributed by atoms with Crippen LogP contribution in [-0.4, -0.2) is 18.7 Å². The maximum Gasteiger partial charge on any atom is 0.240 e. The minimum atomic E-state index is -0.0524. The number of benzene rings is 1. The summed E-state index contributed by atoms with van der Waals surface area (Å²) < 4.78 is 5.06. The van der Waals surface area contributed by atoms with Gasteiger partial charge >= 0.3 is 0 Å². The van der Waals surface area contributed by atoms with Crippen LogP contribution in [0.1, 0.15) is 18.4 Å². The van der Waals surface area contributed by atoms with E-state index in [-0.39, 0.29) is 5.91 Å². The van der Waals surface area contributed by atoms with E-state index in [4.69, 9.17) is 16.3 Å². The Labute approximate surface area is 98.2 Å². The van der Waals surface area contributed by atoms with Crippen LogP contribution in [0.25, 0.3) is 0 Å². The molecule has 1 amide bonds. The number of rotatable bonds is 2. The molecule has 0 aromatic heterocycles. The molecule has 1 aromatic carbocycles. The van der Waals surface area contributed by atoms with Gasteiger partial charge in [-0.2, -0.15) is 5.10 Å². The van der Waals surface area contributed by atoms with Gasteiger partial charge in [0.2, 0.25) is 5.91 Å². The highest BCUT2D eigenvalue weighted by molar-refractivity contribution is 6.32. The first-order valence-corrected chi connectivity index (χ1v) is 5.28. The Balaban J connectivity index is 2.28. The van der Waals surface area contributed by atoms with Gasteiger partial charge < -0.3 is 4.74 Å². The van der Waals surface area contributed by atoms with Gasteiger partial charge in [0.1, 0.15) is 5.75 Å². The van der Waals surface area contributed by atoms with Crippen LogP contribution in [0, 0.1) is 0 Å². The largest absolute Gasteiger partial charge is 0.495 e. The molecule has 5 heteroatoms. The normalized spacial score (nSPS) is 15.4. The molecule has 0 radical (unpaired) electrons. The SMILES string of the molecule is COc1ccc(C2=NNC(=O)CC2)cc1Cl. The van der Waals surface area contributed by atoms with Gasteiger partial charge in [0.05, 0.1) is 17.8 Å². The maximum absolute atomic E-state index is 10.9. The summed E-state index contributed by atoms with van der Waals surface area (Å²) in [4.78, 5) is 10.9. The number of hydrogen-bond donors (Lipinski definition) is 1. The van der Waals surface area contributed by atoms with E-state index in [1.165, 1.54) is 0 Å². The number of carbonyl (C=O) groups is 1. The molecule has 0 spiro atoms. The van der Waals surface area contributed by atoms with Crippen LogP contribution in [0.4, 0.5) is 0 Å². The van der Waals surface area contributed by atoms with Gasteiger partial charge in [-0.15, -0.1) is 0 Å². The molecule has 84 valence electrons. The van der Waals surface area contributed by atoms with Gasteiger partial charge in [0.25, 0.3) is 0 Å². The maximum atomic E-state index is 10.9. The predicted octanol–water partition coefficient (Wildman–Crippen LogP) is 1.96. The van der Waals surface area contributed by atoms with Crippen molar-refractivity contribution >= 4 is 23.2 Å². The summed E-state index contributed by atoms with van der Waals surface area (Å²) in [7, 11) is 1.57. The van der Waals surface area contributed by atoms with Crippen LogP contribution in [0.3, 0.4) is 0 Å². The lowest BCUT2D eigenvalue weighted by Crippen LogP contribution is -2.25. The first kappa shape index (κ1) is 11.0. The number of carbonyl (C=O) groups excluding carboxylic acids is 1. The molecule has 16 heavy (non-hydrogen) atoms. The molecule has 0 saturated carbocycles. The minimum Gasteiger partial charge on any atom is -0.495 e. The molecule has 4 nitrogen and oxygen atoms in total. The number of ether oxygens (including phenoxy) is 1. The monoisotopic (exact) mass is 238 g/mol. The highest BCUT2D eigenvalue weighted by atomic mass is 35.5. The van der Waals surface area contributed by atoms with Gasteiger partial charge in [-0.05, 0) is 23.8 Å².